The summed E-state index contributed by atoms with van der Waals surface area (Å²) < 4.78 is 11.0. The number of fused-ring (bicyclic) bond motifs is 1. The maximum atomic E-state index is 13.1. The number of ether oxygens (including phenoxy) is 2. The lowest BCUT2D eigenvalue weighted by Crippen LogP contribution is -2.23. The van der Waals surface area contributed by atoms with Gasteiger partial charge in [-0.3, -0.25) is 9.78 Å². The van der Waals surface area contributed by atoms with Crippen LogP contribution >= 0.6 is 0 Å². The number of carbonyl (C=O) groups excluding carboxylic acids is 1. The lowest BCUT2D eigenvalue weighted by Gasteiger charge is -2.13. The van der Waals surface area contributed by atoms with E-state index in [2.05, 4.69) is 10.3 Å². The third-order valence-corrected chi connectivity index (χ3v) is 4.90. The van der Waals surface area contributed by atoms with Gasteiger partial charge in [0.15, 0.2) is 11.5 Å². The number of para-hydroxylation sites is 1. The zero-order chi connectivity index (χ0) is 21.6. The van der Waals surface area contributed by atoms with E-state index in [1.165, 1.54) is 0 Å². The van der Waals surface area contributed by atoms with Crippen LogP contribution in [0, 0.1) is 0 Å². The molecule has 1 N–H and O–H groups in total. The molecule has 0 saturated heterocycles. The van der Waals surface area contributed by atoms with Gasteiger partial charge >= 0.3 is 0 Å². The first kappa shape index (κ1) is 20.3. The summed E-state index contributed by atoms with van der Waals surface area (Å²) in [6.07, 6.45) is 3.45. The van der Waals surface area contributed by atoms with Gasteiger partial charge < -0.3 is 14.8 Å². The van der Waals surface area contributed by atoms with Crippen LogP contribution in [0.1, 0.15) is 22.8 Å². The highest BCUT2D eigenvalue weighted by atomic mass is 16.5. The molecule has 1 amide bonds. The fourth-order valence-corrected chi connectivity index (χ4v) is 3.40. The molecule has 2 aromatic heterocycles. The zero-order valence-corrected chi connectivity index (χ0v) is 17.5. The Morgan fingerprint density at radius 1 is 1.03 bits per heavy atom. The largest absolute Gasteiger partial charge is 0.493 e. The van der Waals surface area contributed by atoms with E-state index in [9.17, 15) is 4.79 Å². The van der Waals surface area contributed by atoms with Crippen LogP contribution in [0.4, 0.5) is 0 Å². The van der Waals surface area contributed by atoms with Gasteiger partial charge in [-0.15, -0.1) is 0 Å². The van der Waals surface area contributed by atoms with Crippen LogP contribution in [0.3, 0.4) is 0 Å². The van der Waals surface area contributed by atoms with E-state index in [0.717, 1.165) is 22.0 Å². The molecule has 156 valence electrons. The third kappa shape index (κ3) is 4.48. The first-order valence-electron chi connectivity index (χ1n) is 10.1. The van der Waals surface area contributed by atoms with Crippen LogP contribution in [0.2, 0.25) is 0 Å². The number of methoxy groups -OCH3 is 1. The maximum absolute atomic E-state index is 13.1. The Kier molecular flexibility index (Phi) is 6.08. The molecule has 0 radical (unpaired) electrons. The summed E-state index contributed by atoms with van der Waals surface area (Å²) in [5, 5.41) is 3.82. The molecule has 2 aromatic carbocycles. The number of aromatic nitrogens is 2. The number of hydrogen-bond donors (Lipinski definition) is 1. The maximum Gasteiger partial charge on any atom is 0.252 e. The second kappa shape index (κ2) is 9.26. The Bertz CT molecular complexity index is 1210. The van der Waals surface area contributed by atoms with Crippen molar-refractivity contribution >= 4 is 16.8 Å². The lowest BCUT2D eigenvalue weighted by atomic mass is 10.0. The molecule has 0 saturated carbocycles. The molecule has 6 nitrogen and oxygen atoms in total. The van der Waals surface area contributed by atoms with Gasteiger partial charge in [0, 0.05) is 29.9 Å². The van der Waals surface area contributed by atoms with E-state index in [-0.39, 0.29) is 5.91 Å². The Balaban J connectivity index is 1.63. The number of pyridine rings is 2. The van der Waals surface area contributed by atoms with Crippen molar-refractivity contribution in [1.29, 1.82) is 0 Å². The number of amides is 1. The molecule has 4 aromatic rings. The summed E-state index contributed by atoms with van der Waals surface area (Å²) in [5.74, 6) is 1.15. The second-order valence-corrected chi connectivity index (χ2v) is 6.91. The molecule has 2 heterocycles. The first-order chi connectivity index (χ1) is 15.2. The Labute approximate surface area is 180 Å². The molecule has 0 unspecified atom stereocenters. The van der Waals surface area contributed by atoms with Crippen molar-refractivity contribution in [3.8, 4) is 22.8 Å². The van der Waals surface area contributed by atoms with Gasteiger partial charge in [-0.1, -0.05) is 24.3 Å². The highest BCUT2D eigenvalue weighted by Gasteiger charge is 2.14. The van der Waals surface area contributed by atoms with Gasteiger partial charge in [0.1, 0.15) is 0 Å². The molecule has 0 bridgehead atoms. The van der Waals surface area contributed by atoms with Crippen molar-refractivity contribution < 1.29 is 14.3 Å². The van der Waals surface area contributed by atoms with Crippen LogP contribution < -0.4 is 14.8 Å². The highest BCUT2D eigenvalue weighted by Crippen LogP contribution is 2.28. The number of rotatable bonds is 7. The summed E-state index contributed by atoms with van der Waals surface area (Å²) in [6, 6.07) is 18.9. The standard InChI is InChI=1S/C25H23N3O3/c1-3-31-24-13-17(10-11-23(24)30-2)15-27-25(29)20-14-22(18-7-6-12-26-16-18)28-21-9-5-4-8-19(20)21/h4-14,16H,3,15H2,1-2H3,(H,27,29). The molecular weight excluding hydrogens is 390 g/mol. The summed E-state index contributed by atoms with van der Waals surface area (Å²) >= 11 is 0. The third-order valence-electron chi connectivity index (χ3n) is 4.90. The molecule has 4 rings (SSSR count). The number of nitrogens with zero attached hydrogens (tertiary/aromatic N) is 2. The van der Waals surface area contributed by atoms with Crippen molar-refractivity contribution in [2.45, 2.75) is 13.5 Å². The van der Waals surface area contributed by atoms with E-state index in [0.29, 0.717) is 35.9 Å². The van der Waals surface area contributed by atoms with Gasteiger partial charge in [0.05, 0.1) is 30.5 Å². The number of nitrogens with one attached hydrogen (secondary N) is 1. The lowest BCUT2D eigenvalue weighted by molar-refractivity contribution is 0.0952. The van der Waals surface area contributed by atoms with E-state index < -0.39 is 0 Å². The van der Waals surface area contributed by atoms with Crippen LogP contribution in [-0.2, 0) is 6.54 Å². The average Bonchev–Trinajstić information content (AvgIpc) is 2.82. The minimum atomic E-state index is -0.169. The topological polar surface area (TPSA) is 73.3 Å². The van der Waals surface area contributed by atoms with Crippen molar-refractivity contribution in [3.63, 3.8) is 0 Å². The smallest absolute Gasteiger partial charge is 0.252 e. The Hall–Kier alpha value is -3.93. The van der Waals surface area contributed by atoms with Crippen molar-refractivity contribution in [2.24, 2.45) is 0 Å². The summed E-state index contributed by atoms with van der Waals surface area (Å²) in [6.45, 7) is 2.82. The second-order valence-electron chi connectivity index (χ2n) is 6.91. The molecule has 0 fully saturated rings. The predicted molar refractivity (Wildman–Crippen MR) is 120 cm³/mol. The number of carbonyl (C=O) groups is 1. The van der Waals surface area contributed by atoms with Gasteiger partial charge in [-0.05, 0) is 48.9 Å². The molecule has 0 aliphatic carbocycles. The minimum Gasteiger partial charge on any atom is -0.493 e. The van der Waals surface area contributed by atoms with Gasteiger partial charge in [0.2, 0.25) is 0 Å². The number of benzene rings is 2. The minimum absolute atomic E-state index is 0.169. The molecule has 6 heteroatoms. The van der Waals surface area contributed by atoms with Gasteiger partial charge in [-0.2, -0.15) is 0 Å². The Morgan fingerprint density at radius 2 is 1.90 bits per heavy atom. The molecule has 0 spiro atoms. The van der Waals surface area contributed by atoms with Gasteiger partial charge in [0.25, 0.3) is 5.91 Å². The van der Waals surface area contributed by atoms with E-state index in [1.54, 1.807) is 19.5 Å². The van der Waals surface area contributed by atoms with Crippen molar-refractivity contribution in [1.82, 2.24) is 15.3 Å². The molecule has 0 aliphatic rings. The molecule has 0 atom stereocenters. The fraction of sp³-hybridized carbons (Fsp3) is 0.160. The normalized spacial score (nSPS) is 10.6. The van der Waals surface area contributed by atoms with Crippen molar-refractivity contribution in [3.05, 3.63) is 84.2 Å². The Morgan fingerprint density at radius 3 is 2.68 bits per heavy atom. The zero-order valence-electron chi connectivity index (χ0n) is 17.5. The number of hydrogen-bond acceptors (Lipinski definition) is 5. The van der Waals surface area contributed by atoms with Gasteiger partial charge in [-0.25, -0.2) is 4.98 Å². The first-order valence-corrected chi connectivity index (χ1v) is 10.1. The molecular formula is C25H23N3O3. The van der Waals surface area contributed by atoms with Crippen LogP contribution in [0.25, 0.3) is 22.2 Å². The summed E-state index contributed by atoms with van der Waals surface area (Å²) in [7, 11) is 1.60. The highest BCUT2D eigenvalue weighted by molar-refractivity contribution is 6.07. The fourth-order valence-electron chi connectivity index (χ4n) is 3.40. The predicted octanol–water partition coefficient (Wildman–Crippen LogP) is 4.63. The van der Waals surface area contributed by atoms with E-state index in [1.807, 2.05) is 67.6 Å². The SMILES string of the molecule is CCOc1cc(CNC(=O)c2cc(-c3cccnc3)nc3ccccc23)ccc1OC. The molecule has 0 aliphatic heterocycles. The van der Waals surface area contributed by atoms with Crippen LogP contribution in [0.5, 0.6) is 11.5 Å². The van der Waals surface area contributed by atoms with E-state index >= 15 is 0 Å². The van der Waals surface area contributed by atoms with Crippen LogP contribution in [-0.4, -0.2) is 29.6 Å². The molecule has 31 heavy (non-hydrogen) atoms. The van der Waals surface area contributed by atoms with Crippen molar-refractivity contribution in [2.75, 3.05) is 13.7 Å². The van der Waals surface area contributed by atoms with E-state index in [4.69, 9.17) is 14.5 Å². The average molecular weight is 413 g/mol. The summed E-state index contributed by atoms with van der Waals surface area (Å²) in [4.78, 5) is 22.0. The summed E-state index contributed by atoms with van der Waals surface area (Å²) in [5.41, 5.74) is 3.82. The monoisotopic (exact) mass is 413 g/mol. The van der Waals surface area contributed by atoms with Crippen LogP contribution in [0.15, 0.2) is 73.1 Å². The quantitative estimate of drug-likeness (QED) is 0.478.